The topological polar surface area (TPSA) is 21.6 Å². The normalized spacial score (nSPS) is 13.8. The Balaban J connectivity index is 2.08. The summed E-state index contributed by atoms with van der Waals surface area (Å²) in [7, 11) is 0. The largest absolute Gasteiger partial charge is 0.438 e. The molecule has 1 aliphatic rings. The fourth-order valence-corrected chi connectivity index (χ4v) is 1.94. The van der Waals surface area contributed by atoms with Gasteiger partial charge in [-0.15, -0.1) is 0 Å². The Labute approximate surface area is 106 Å². The summed E-state index contributed by atoms with van der Waals surface area (Å²) in [5, 5.41) is 0. The van der Waals surface area contributed by atoms with Crippen molar-refractivity contribution in [2.75, 3.05) is 0 Å². The molecule has 0 aromatic heterocycles. The molecule has 1 aliphatic heterocycles. The molecule has 0 fully saturated rings. The van der Waals surface area contributed by atoms with Crippen molar-refractivity contribution in [1.82, 2.24) is 0 Å². The molecule has 88 valence electrons. The summed E-state index contributed by atoms with van der Waals surface area (Å²) in [4.78, 5) is 4.52. The summed E-state index contributed by atoms with van der Waals surface area (Å²) in [6.45, 7) is 1.98. The fraction of sp³-hybridized carbons (Fsp3) is 0.0625. The molecule has 0 N–H and O–H groups in total. The maximum Gasteiger partial charge on any atom is 0.226 e. The number of aliphatic imine (C=N–C) groups is 1. The first-order valence-corrected chi connectivity index (χ1v) is 5.92. The van der Waals surface area contributed by atoms with Crippen molar-refractivity contribution in [2.45, 2.75) is 6.92 Å². The maximum absolute atomic E-state index is 5.91. The number of rotatable bonds is 1. The monoisotopic (exact) mass is 235 g/mol. The van der Waals surface area contributed by atoms with Gasteiger partial charge in [0.1, 0.15) is 5.75 Å². The van der Waals surface area contributed by atoms with Crippen molar-refractivity contribution in [3.8, 4) is 5.75 Å². The quantitative estimate of drug-likeness (QED) is 0.735. The predicted molar refractivity (Wildman–Crippen MR) is 73.7 cm³/mol. The summed E-state index contributed by atoms with van der Waals surface area (Å²) < 4.78 is 5.91. The first kappa shape index (κ1) is 10.8. The second-order valence-corrected chi connectivity index (χ2v) is 4.21. The molecular formula is C16H13NO. The van der Waals surface area contributed by atoms with Crippen LogP contribution < -0.4 is 4.74 Å². The van der Waals surface area contributed by atoms with Gasteiger partial charge >= 0.3 is 0 Å². The van der Waals surface area contributed by atoms with Crippen LogP contribution in [0.1, 0.15) is 18.1 Å². The van der Waals surface area contributed by atoms with Gasteiger partial charge in [0.25, 0.3) is 0 Å². The molecule has 0 unspecified atom stereocenters. The Morgan fingerprint density at radius 1 is 0.889 bits per heavy atom. The van der Waals surface area contributed by atoms with Crippen molar-refractivity contribution in [3.63, 3.8) is 0 Å². The Morgan fingerprint density at radius 3 is 2.44 bits per heavy atom. The molecule has 2 nitrogen and oxygen atoms in total. The number of hydrogen-bond acceptors (Lipinski definition) is 2. The highest BCUT2D eigenvalue weighted by Crippen LogP contribution is 2.25. The van der Waals surface area contributed by atoms with E-state index >= 15 is 0 Å². The summed E-state index contributed by atoms with van der Waals surface area (Å²) in [5.41, 5.74) is 2.99. The molecule has 0 bridgehead atoms. The standard InChI is InChI=1S/C16H13NO/c1-12-11-14-9-5-6-10-15(14)18-16(17-12)13-7-3-2-4-8-13/h2-11H,1H3. The van der Waals surface area contributed by atoms with Crippen molar-refractivity contribution >= 4 is 12.0 Å². The first-order valence-electron chi connectivity index (χ1n) is 5.92. The van der Waals surface area contributed by atoms with Crippen LogP contribution in [0, 0.1) is 0 Å². The number of fused-ring (bicyclic) bond motifs is 1. The Kier molecular flexibility index (Phi) is 2.69. The highest BCUT2D eigenvalue weighted by molar-refractivity contribution is 5.97. The molecular weight excluding hydrogens is 222 g/mol. The average molecular weight is 235 g/mol. The van der Waals surface area contributed by atoms with E-state index in [0.717, 1.165) is 22.6 Å². The number of ether oxygens (including phenoxy) is 1. The molecule has 0 radical (unpaired) electrons. The zero-order valence-electron chi connectivity index (χ0n) is 10.1. The highest BCUT2D eigenvalue weighted by atomic mass is 16.5. The van der Waals surface area contributed by atoms with E-state index in [0.29, 0.717) is 5.90 Å². The smallest absolute Gasteiger partial charge is 0.226 e. The van der Waals surface area contributed by atoms with Gasteiger partial charge in [0.05, 0.1) is 0 Å². The summed E-state index contributed by atoms with van der Waals surface area (Å²) in [6.07, 6.45) is 2.03. The van der Waals surface area contributed by atoms with Gasteiger partial charge in [0.2, 0.25) is 5.90 Å². The molecule has 0 atom stereocenters. The Morgan fingerprint density at radius 2 is 1.61 bits per heavy atom. The lowest BCUT2D eigenvalue weighted by atomic mass is 10.2. The van der Waals surface area contributed by atoms with E-state index in [2.05, 4.69) is 4.99 Å². The van der Waals surface area contributed by atoms with Crippen molar-refractivity contribution < 1.29 is 4.74 Å². The lowest BCUT2D eigenvalue weighted by Gasteiger charge is -2.08. The van der Waals surface area contributed by atoms with Crippen molar-refractivity contribution in [2.24, 2.45) is 4.99 Å². The zero-order valence-corrected chi connectivity index (χ0v) is 10.1. The molecule has 0 spiro atoms. The van der Waals surface area contributed by atoms with E-state index in [9.17, 15) is 0 Å². The third-order valence-corrected chi connectivity index (χ3v) is 2.79. The van der Waals surface area contributed by atoms with Crippen LogP contribution in [0.25, 0.3) is 6.08 Å². The second kappa shape index (κ2) is 4.49. The number of para-hydroxylation sites is 1. The van der Waals surface area contributed by atoms with E-state index in [4.69, 9.17) is 4.74 Å². The van der Waals surface area contributed by atoms with E-state index in [1.54, 1.807) is 0 Å². The van der Waals surface area contributed by atoms with E-state index in [1.165, 1.54) is 0 Å². The van der Waals surface area contributed by atoms with E-state index in [1.807, 2.05) is 67.6 Å². The minimum absolute atomic E-state index is 0.648. The molecule has 0 aliphatic carbocycles. The summed E-state index contributed by atoms with van der Waals surface area (Å²) in [5.74, 6) is 1.49. The highest BCUT2D eigenvalue weighted by Gasteiger charge is 2.12. The van der Waals surface area contributed by atoms with Gasteiger partial charge in [0.15, 0.2) is 0 Å². The zero-order chi connectivity index (χ0) is 12.4. The maximum atomic E-state index is 5.91. The minimum atomic E-state index is 0.648. The number of nitrogens with zero attached hydrogens (tertiary/aromatic N) is 1. The first-order chi connectivity index (χ1) is 8.83. The third-order valence-electron chi connectivity index (χ3n) is 2.79. The average Bonchev–Trinajstić information content (AvgIpc) is 2.57. The molecule has 18 heavy (non-hydrogen) atoms. The van der Waals surface area contributed by atoms with Crippen LogP contribution >= 0.6 is 0 Å². The van der Waals surface area contributed by atoms with Gasteiger partial charge in [-0.3, -0.25) is 0 Å². The second-order valence-electron chi connectivity index (χ2n) is 4.21. The molecule has 2 heteroatoms. The van der Waals surface area contributed by atoms with Crippen LogP contribution in [0.5, 0.6) is 5.75 Å². The Hall–Kier alpha value is -2.35. The van der Waals surface area contributed by atoms with Crippen molar-refractivity contribution in [3.05, 3.63) is 71.4 Å². The molecule has 2 aromatic rings. The van der Waals surface area contributed by atoms with Gasteiger partial charge in [-0.1, -0.05) is 36.4 Å². The molecule has 1 heterocycles. The van der Waals surface area contributed by atoms with Crippen LogP contribution in [0.4, 0.5) is 0 Å². The van der Waals surface area contributed by atoms with Gasteiger partial charge in [0, 0.05) is 16.8 Å². The fourth-order valence-electron chi connectivity index (χ4n) is 1.94. The Bertz CT molecular complexity index is 627. The van der Waals surface area contributed by atoms with Gasteiger partial charge < -0.3 is 4.74 Å². The number of hydrogen-bond donors (Lipinski definition) is 0. The van der Waals surface area contributed by atoms with Crippen LogP contribution in [0.3, 0.4) is 0 Å². The lowest BCUT2D eigenvalue weighted by molar-refractivity contribution is 0.552. The van der Waals surface area contributed by atoms with Gasteiger partial charge in [-0.2, -0.15) is 0 Å². The van der Waals surface area contributed by atoms with Crippen LogP contribution in [0.15, 0.2) is 65.3 Å². The molecule has 3 rings (SSSR count). The van der Waals surface area contributed by atoms with E-state index < -0.39 is 0 Å². The SMILES string of the molecule is CC1=Cc2ccccc2OC(c2ccccc2)=N1. The number of benzene rings is 2. The van der Waals surface area contributed by atoms with Crippen LogP contribution in [-0.2, 0) is 0 Å². The van der Waals surface area contributed by atoms with Crippen molar-refractivity contribution in [1.29, 1.82) is 0 Å². The summed E-state index contributed by atoms with van der Waals surface area (Å²) in [6, 6.07) is 17.9. The molecule has 0 amide bonds. The minimum Gasteiger partial charge on any atom is -0.438 e. The van der Waals surface area contributed by atoms with Gasteiger partial charge in [-0.05, 0) is 31.2 Å². The summed E-state index contributed by atoms with van der Waals surface area (Å²) >= 11 is 0. The number of allylic oxidation sites excluding steroid dienone is 1. The molecule has 2 aromatic carbocycles. The molecule has 0 saturated heterocycles. The third kappa shape index (κ3) is 2.05. The van der Waals surface area contributed by atoms with Crippen LogP contribution in [0.2, 0.25) is 0 Å². The van der Waals surface area contributed by atoms with Gasteiger partial charge in [-0.25, -0.2) is 4.99 Å². The van der Waals surface area contributed by atoms with E-state index in [-0.39, 0.29) is 0 Å². The lowest BCUT2D eigenvalue weighted by Crippen LogP contribution is -2.10. The predicted octanol–water partition coefficient (Wildman–Crippen LogP) is 3.89. The van der Waals surface area contributed by atoms with Crippen LogP contribution in [-0.4, -0.2) is 5.90 Å². The molecule has 0 saturated carbocycles.